The van der Waals surface area contributed by atoms with Crippen LogP contribution in [0.15, 0.2) is 137 Å². The second-order valence-electron chi connectivity index (χ2n) is 10.9. The van der Waals surface area contributed by atoms with Crippen LogP contribution in [0.25, 0.3) is 84.1 Å². The number of imidazole rings is 1. The van der Waals surface area contributed by atoms with E-state index in [-0.39, 0.29) is 0 Å². The summed E-state index contributed by atoms with van der Waals surface area (Å²) in [6, 6.07) is 33.6. The summed E-state index contributed by atoms with van der Waals surface area (Å²) in [7, 11) is 2.07. The number of aromatic nitrogens is 6. The van der Waals surface area contributed by atoms with Gasteiger partial charge < -0.3 is 18.0 Å². The number of rotatable bonds is 5. The molecule has 0 amide bonds. The van der Waals surface area contributed by atoms with Crippen LogP contribution in [-0.4, -0.2) is 29.1 Å². The monoisotopic (exact) mass is 584 g/mol. The van der Waals surface area contributed by atoms with Crippen LogP contribution in [0.1, 0.15) is 0 Å². The molecule has 0 spiro atoms. The van der Waals surface area contributed by atoms with Crippen molar-refractivity contribution < 1.29 is 8.83 Å². The fourth-order valence-electron chi connectivity index (χ4n) is 6.20. The summed E-state index contributed by atoms with van der Waals surface area (Å²) in [4.78, 5) is 18.4. The number of hydrogen-bond donors (Lipinski definition) is 0. The van der Waals surface area contributed by atoms with Gasteiger partial charge in [0, 0.05) is 46.4 Å². The Morgan fingerprint density at radius 1 is 0.578 bits per heavy atom. The SMILES string of the molecule is Cn1c(-c2ccc3c4cc(-c5ncco5)ccc4n(-c4cccc(-c5ccc(-c6ncco6)cn5)c4)c3c2)nc2ccccc21. The van der Waals surface area contributed by atoms with Gasteiger partial charge >= 0.3 is 0 Å². The predicted octanol–water partition coefficient (Wildman–Crippen LogP) is 8.71. The van der Waals surface area contributed by atoms with Crippen LogP contribution in [-0.2, 0) is 7.05 Å². The van der Waals surface area contributed by atoms with E-state index in [9.17, 15) is 0 Å². The molecule has 9 rings (SSSR count). The minimum absolute atomic E-state index is 0.550. The van der Waals surface area contributed by atoms with E-state index < -0.39 is 0 Å². The number of benzene rings is 4. The Hall–Kier alpha value is -6.28. The second-order valence-corrected chi connectivity index (χ2v) is 10.9. The van der Waals surface area contributed by atoms with Gasteiger partial charge in [0.15, 0.2) is 0 Å². The second kappa shape index (κ2) is 9.89. The molecule has 214 valence electrons. The molecule has 9 aromatic rings. The maximum atomic E-state index is 5.64. The molecule has 0 atom stereocenters. The summed E-state index contributed by atoms with van der Waals surface area (Å²) in [6.45, 7) is 0. The summed E-state index contributed by atoms with van der Waals surface area (Å²) in [5.74, 6) is 2.06. The lowest BCUT2D eigenvalue weighted by Gasteiger charge is -2.11. The molecule has 0 bridgehead atoms. The molecule has 5 heterocycles. The zero-order valence-corrected chi connectivity index (χ0v) is 24.1. The molecular formula is C37H24N6O2. The van der Waals surface area contributed by atoms with Crippen LogP contribution in [0, 0.1) is 0 Å². The molecule has 0 saturated carbocycles. The number of pyridine rings is 1. The lowest BCUT2D eigenvalue weighted by Crippen LogP contribution is -1.96. The molecule has 4 aromatic carbocycles. The number of para-hydroxylation sites is 2. The third-order valence-electron chi connectivity index (χ3n) is 8.33. The Balaban J connectivity index is 1.24. The normalized spacial score (nSPS) is 11.7. The first-order chi connectivity index (χ1) is 22.2. The van der Waals surface area contributed by atoms with Gasteiger partial charge in [0.2, 0.25) is 11.8 Å². The van der Waals surface area contributed by atoms with Crippen LogP contribution >= 0.6 is 0 Å². The largest absolute Gasteiger partial charge is 0.445 e. The average molecular weight is 585 g/mol. The molecular weight excluding hydrogens is 560 g/mol. The van der Waals surface area contributed by atoms with Gasteiger partial charge in [-0.15, -0.1) is 0 Å². The highest BCUT2D eigenvalue weighted by Crippen LogP contribution is 2.38. The number of fused-ring (bicyclic) bond motifs is 4. The number of oxazole rings is 2. The summed E-state index contributed by atoms with van der Waals surface area (Å²) >= 11 is 0. The third kappa shape index (κ3) is 4.07. The van der Waals surface area contributed by atoms with Gasteiger partial charge in [-0.05, 0) is 60.7 Å². The average Bonchev–Trinajstić information content (AvgIpc) is 3.91. The molecule has 0 saturated heterocycles. The van der Waals surface area contributed by atoms with Gasteiger partial charge in [0.1, 0.15) is 18.4 Å². The Bertz CT molecular complexity index is 2490. The molecule has 0 aliphatic heterocycles. The molecule has 8 heteroatoms. The van der Waals surface area contributed by atoms with Crippen molar-refractivity contribution >= 4 is 32.8 Å². The van der Waals surface area contributed by atoms with Crippen molar-refractivity contribution in [2.45, 2.75) is 0 Å². The summed E-state index contributed by atoms with van der Waals surface area (Å²) in [6.07, 6.45) is 8.26. The first kappa shape index (κ1) is 25.2. The molecule has 5 aromatic heterocycles. The highest BCUT2D eigenvalue weighted by Gasteiger charge is 2.18. The highest BCUT2D eigenvalue weighted by atomic mass is 16.3. The number of aryl methyl sites for hydroxylation is 1. The Labute approximate surface area is 256 Å². The molecule has 0 unspecified atom stereocenters. The van der Waals surface area contributed by atoms with E-state index in [0.717, 1.165) is 72.3 Å². The van der Waals surface area contributed by atoms with Crippen LogP contribution in [0.2, 0.25) is 0 Å². The van der Waals surface area contributed by atoms with Gasteiger partial charge in [-0.2, -0.15) is 0 Å². The zero-order valence-electron chi connectivity index (χ0n) is 24.1. The van der Waals surface area contributed by atoms with Crippen molar-refractivity contribution in [3.63, 3.8) is 0 Å². The first-order valence-electron chi connectivity index (χ1n) is 14.6. The molecule has 45 heavy (non-hydrogen) atoms. The Kier molecular flexibility index (Phi) is 5.55. The van der Waals surface area contributed by atoms with Gasteiger partial charge in [0.25, 0.3) is 0 Å². The first-order valence-corrected chi connectivity index (χ1v) is 14.6. The number of hydrogen-bond acceptors (Lipinski definition) is 6. The van der Waals surface area contributed by atoms with E-state index in [1.807, 2.05) is 24.3 Å². The summed E-state index contributed by atoms with van der Waals surface area (Å²) < 4.78 is 15.5. The quantitative estimate of drug-likeness (QED) is 0.201. The van der Waals surface area contributed by atoms with Crippen LogP contribution in [0.4, 0.5) is 0 Å². The maximum Gasteiger partial charge on any atom is 0.227 e. The highest BCUT2D eigenvalue weighted by molar-refractivity contribution is 6.11. The number of nitrogens with zero attached hydrogens (tertiary/aromatic N) is 6. The minimum Gasteiger partial charge on any atom is -0.445 e. The van der Waals surface area contributed by atoms with Crippen molar-refractivity contribution in [3.8, 4) is 51.2 Å². The van der Waals surface area contributed by atoms with Crippen molar-refractivity contribution in [1.82, 2.24) is 29.1 Å². The van der Waals surface area contributed by atoms with Crippen molar-refractivity contribution in [2.24, 2.45) is 7.05 Å². The smallest absolute Gasteiger partial charge is 0.227 e. The molecule has 8 nitrogen and oxygen atoms in total. The van der Waals surface area contributed by atoms with E-state index in [1.165, 1.54) is 0 Å². The van der Waals surface area contributed by atoms with E-state index in [1.54, 1.807) is 31.1 Å². The summed E-state index contributed by atoms with van der Waals surface area (Å²) in [5.41, 5.74) is 9.90. The molecule has 0 N–H and O–H groups in total. The Morgan fingerprint density at radius 3 is 2.16 bits per heavy atom. The topological polar surface area (TPSA) is 87.7 Å². The fourth-order valence-corrected chi connectivity index (χ4v) is 6.20. The van der Waals surface area contributed by atoms with Crippen molar-refractivity contribution in [1.29, 1.82) is 0 Å². The van der Waals surface area contributed by atoms with Gasteiger partial charge in [-0.25, -0.2) is 15.0 Å². The summed E-state index contributed by atoms with van der Waals surface area (Å²) in [5, 5.41) is 2.23. The fraction of sp³-hybridized carbons (Fsp3) is 0.0270. The van der Waals surface area contributed by atoms with Crippen LogP contribution < -0.4 is 0 Å². The lowest BCUT2D eigenvalue weighted by molar-refractivity contribution is 0.574. The van der Waals surface area contributed by atoms with Gasteiger partial charge in [-0.1, -0.05) is 36.4 Å². The van der Waals surface area contributed by atoms with Crippen molar-refractivity contribution in [2.75, 3.05) is 0 Å². The lowest BCUT2D eigenvalue weighted by atomic mass is 10.1. The van der Waals surface area contributed by atoms with Crippen LogP contribution in [0.5, 0.6) is 0 Å². The standard InChI is InChI=1S/C37H24N6O2/c1-42-33-8-3-2-7-31(33)41-35(42)24-9-12-28-29-20-25(36-38-15-17-44-36)11-14-32(29)43(34(28)21-24)27-6-4-5-23(19-27)30-13-10-26(22-40-30)37-39-16-18-45-37/h2-22H,1H3. The van der Waals surface area contributed by atoms with Crippen LogP contribution in [0.3, 0.4) is 0 Å². The molecule has 0 aliphatic rings. The van der Waals surface area contributed by atoms with Gasteiger partial charge in [-0.3, -0.25) is 4.98 Å². The zero-order chi connectivity index (χ0) is 29.9. The minimum atomic E-state index is 0.550. The van der Waals surface area contributed by atoms with E-state index in [2.05, 4.69) is 98.9 Å². The molecule has 0 aliphatic carbocycles. The molecule has 0 radical (unpaired) electrons. The van der Waals surface area contributed by atoms with E-state index >= 15 is 0 Å². The predicted molar refractivity (Wildman–Crippen MR) is 175 cm³/mol. The van der Waals surface area contributed by atoms with Crippen molar-refractivity contribution in [3.05, 3.63) is 128 Å². The van der Waals surface area contributed by atoms with E-state index in [0.29, 0.717) is 11.8 Å². The maximum absolute atomic E-state index is 5.64. The van der Waals surface area contributed by atoms with Gasteiger partial charge in [0.05, 0.1) is 45.7 Å². The Morgan fingerprint density at radius 2 is 1.38 bits per heavy atom. The molecule has 0 fully saturated rings. The third-order valence-corrected chi connectivity index (χ3v) is 8.33. The van der Waals surface area contributed by atoms with E-state index in [4.69, 9.17) is 18.8 Å².